The smallest absolute Gasteiger partial charge is 0.323 e. The van der Waals surface area contributed by atoms with Crippen molar-refractivity contribution in [2.45, 2.75) is 31.7 Å². The minimum atomic E-state index is -0.275. The number of amides is 1. The van der Waals surface area contributed by atoms with Gasteiger partial charge in [-0.05, 0) is 25.8 Å². The molecule has 0 spiro atoms. The van der Waals surface area contributed by atoms with E-state index in [2.05, 4.69) is 5.32 Å². The molecule has 1 saturated heterocycles. The first-order chi connectivity index (χ1) is 9.19. The van der Waals surface area contributed by atoms with Crippen LogP contribution in [-0.4, -0.2) is 63.3 Å². The summed E-state index contributed by atoms with van der Waals surface area (Å²) in [7, 11) is 3.02. The lowest BCUT2D eigenvalue weighted by molar-refractivity contribution is -0.148. The van der Waals surface area contributed by atoms with Gasteiger partial charge in [-0.3, -0.25) is 14.5 Å². The van der Waals surface area contributed by atoms with Gasteiger partial charge in [-0.15, -0.1) is 0 Å². The van der Waals surface area contributed by atoms with E-state index in [9.17, 15) is 9.59 Å². The van der Waals surface area contributed by atoms with Gasteiger partial charge in [-0.1, -0.05) is 6.42 Å². The van der Waals surface area contributed by atoms with Gasteiger partial charge in [0.05, 0.1) is 13.7 Å². The van der Waals surface area contributed by atoms with Crippen LogP contribution in [0.2, 0.25) is 0 Å². The first kappa shape index (κ1) is 15.9. The summed E-state index contributed by atoms with van der Waals surface area (Å²) in [6.07, 6.45) is 3.59. The van der Waals surface area contributed by atoms with E-state index in [1.807, 2.05) is 4.90 Å². The molecule has 1 heterocycles. The molecule has 0 radical (unpaired) electrons. The Morgan fingerprint density at radius 1 is 1.32 bits per heavy atom. The van der Waals surface area contributed by atoms with Gasteiger partial charge in [0.2, 0.25) is 5.91 Å². The van der Waals surface area contributed by atoms with Gasteiger partial charge in [0, 0.05) is 20.3 Å². The van der Waals surface area contributed by atoms with Crippen molar-refractivity contribution in [3.63, 3.8) is 0 Å². The summed E-state index contributed by atoms with van der Waals surface area (Å²) in [6, 6.07) is -0.275. The van der Waals surface area contributed by atoms with Crippen molar-refractivity contribution in [1.82, 2.24) is 10.2 Å². The highest BCUT2D eigenvalue weighted by Gasteiger charge is 2.30. The van der Waals surface area contributed by atoms with Gasteiger partial charge in [0.15, 0.2) is 0 Å². The Balaban J connectivity index is 2.35. The van der Waals surface area contributed by atoms with Gasteiger partial charge < -0.3 is 14.8 Å². The van der Waals surface area contributed by atoms with Crippen molar-refractivity contribution in [2.24, 2.45) is 0 Å². The second kappa shape index (κ2) is 8.87. The van der Waals surface area contributed by atoms with Crippen LogP contribution >= 0.6 is 0 Å². The molecule has 1 N–H and O–H groups in total. The number of esters is 1. The average molecular weight is 272 g/mol. The van der Waals surface area contributed by atoms with Crippen molar-refractivity contribution in [1.29, 1.82) is 0 Å². The van der Waals surface area contributed by atoms with E-state index < -0.39 is 0 Å². The van der Waals surface area contributed by atoms with Crippen LogP contribution in [-0.2, 0) is 19.1 Å². The van der Waals surface area contributed by atoms with Crippen LogP contribution in [0.1, 0.15) is 25.7 Å². The molecular formula is C13H24N2O4. The van der Waals surface area contributed by atoms with Crippen molar-refractivity contribution >= 4 is 11.9 Å². The molecule has 0 aliphatic carbocycles. The second-order valence-electron chi connectivity index (χ2n) is 4.70. The molecule has 1 atom stereocenters. The number of hydrogen-bond acceptors (Lipinski definition) is 5. The van der Waals surface area contributed by atoms with E-state index in [1.165, 1.54) is 7.11 Å². The summed E-state index contributed by atoms with van der Waals surface area (Å²) >= 11 is 0. The molecular weight excluding hydrogens is 248 g/mol. The van der Waals surface area contributed by atoms with Crippen LogP contribution in [0.15, 0.2) is 0 Å². The second-order valence-corrected chi connectivity index (χ2v) is 4.70. The zero-order valence-electron chi connectivity index (χ0n) is 11.8. The molecule has 0 aromatic carbocycles. The van der Waals surface area contributed by atoms with Crippen molar-refractivity contribution in [3.8, 4) is 0 Å². The zero-order valence-corrected chi connectivity index (χ0v) is 11.8. The number of nitrogens with zero attached hydrogens (tertiary/aromatic N) is 1. The molecule has 1 fully saturated rings. The molecule has 6 heteroatoms. The fourth-order valence-electron chi connectivity index (χ4n) is 2.27. The molecule has 0 bridgehead atoms. The van der Waals surface area contributed by atoms with Crippen LogP contribution in [0.3, 0.4) is 0 Å². The van der Waals surface area contributed by atoms with E-state index in [1.54, 1.807) is 7.11 Å². The lowest BCUT2D eigenvalue weighted by Crippen LogP contribution is -2.49. The summed E-state index contributed by atoms with van der Waals surface area (Å²) in [5.74, 6) is -0.293. The third-order valence-electron chi connectivity index (χ3n) is 3.28. The van der Waals surface area contributed by atoms with E-state index in [0.29, 0.717) is 13.2 Å². The molecule has 1 aliphatic rings. The summed E-state index contributed by atoms with van der Waals surface area (Å²) in [4.78, 5) is 25.3. The van der Waals surface area contributed by atoms with Crippen molar-refractivity contribution < 1.29 is 19.1 Å². The molecule has 1 rings (SSSR count). The Bertz CT molecular complexity index is 296. The minimum Gasteiger partial charge on any atom is -0.468 e. The van der Waals surface area contributed by atoms with Crippen LogP contribution in [0.25, 0.3) is 0 Å². The number of likely N-dealkylation sites (tertiary alicyclic amines) is 1. The maximum atomic E-state index is 11.8. The average Bonchev–Trinajstić information content (AvgIpc) is 2.43. The first-order valence-electron chi connectivity index (χ1n) is 6.76. The van der Waals surface area contributed by atoms with Gasteiger partial charge in [0.25, 0.3) is 0 Å². The molecule has 110 valence electrons. The predicted octanol–water partition coefficient (Wildman–Crippen LogP) is 0.167. The van der Waals surface area contributed by atoms with Gasteiger partial charge in [-0.2, -0.15) is 0 Å². The van der Waals surface area contributed by atoms with E-state index in [0.717, 1.165) is 32.2 Å². The van der Waals surface area contributed by atoms with Gasteiger partial charge >= 0.3 is 5.97 Å². The molecule has 0 saturated carbocycles. The zero-order chi connectivity index (χ0) is 14.1. The minimum absolute atomic E-state index is 0.0492. The summed E-state index contributed by atoms with van der Waals surface area (Å²) in [5.41, 5.74) is 0. The highest BCUT2D eigenvalue weighted by Crippen LogP contribution is 2.17. The molecule has 6 nitrogen and oxygen atoms in total. The Morgan fingerprint density at radius 2 is 2.11 bits per heavy atom. The highest BCUT2D eigenvalue weighted by molar-refractivity contribution is 5.80. The topological polar surface area (TPSA) is 67.9 Å². The molecule has 1 unspecified atom stereocenters. The third kappa shape index (κ3) is 5.57. The lowest BCUT2D eigenvalue weighted by Gasteiger charge is -2.32. The third-order valence-corrected chi connectivity index (χ3v) is 3.28. The summed E-state index contributed by atoms with van der Waals surface area (Å²) in [6.45, 7) is 2.26. The number of piperidine rings is 1. The Hall–Kier alpha value is -1.14. The van der Waals surface area contributed by atoms with Crippen molar-refractivity contribution in [3.05, 3.63) is 0 Å². The Labute approximate surface area is 114 Å². The maximum absolute atomic E-state index is 11.8. The predicted molar refractivity (Wildman–Crippen MR) is 70.7 cm³/mol. The standard InChI is InChI=1S/C13H24N2O4/c1-18-9-5-7-14-12(16)10-15-8-4-3-6-11(15)13(17)19-2/h11H,3-10H2,1-2H3,(H,14,16). The number of rotatable bonds is 7. The van der Waals surface area contributed by atoms with E-state index in [4.69, 9.17) is 9.47 Å². The quantitative estimate of drug-likeness (QED) is 0.528. The summed E-state index contributed by atoms with van der Waals surface area (Å²) in [5, 5.41) is 2.83. The fourth-order valence-corrected chi connectivity index (χ4v) is 2.27. The van der Waals surface area contributed by atoms with Gasteiger partial charge in [0.1, 0.15) is 6.04 Å². The summed E-state index contributed by atoms with van der Waals surface area (Å²) < 4.78 is 9.70. The number of ether oxygens (including phenoxy) is 2. The molecule has 0 aromatic rings. The Kier molecular flexibility index (Phi) is 7.43. The number of nitrogens with one attached hydrogen (secondary N) is 1. The molecule has 1 aliphatic heterocycles. The Morgan fingerprint density at radius 3 is 2.79 bits per heavy atom. The van der Waals surface area contributed by atoms with E-state index in [-0.39, 0.29) is 24.5 Å². The number of carbonyl (C=O) groups excluding carboxylic acids is 2. The maximum Gasteiger partial charge on any atom is 0.323 e. The molecule has 1 amide bonds. The lowest BCUT2D eigenvalue weighted by atomic mass is 10.0. The number of carbonyl (C=O) groups is 2. The van der Waals surface area contributed by atoms with Crippen LogP contribution in [0.4, 0.5) is 0 Å². The monoisotopic (exact) mass is 272 g/mol. The fraction of sp³-hybridized carbons (Fsp3) is 0.846. The van der Waals surface area contributed by atoms with Crippen LogP contribution < -0.4 is 5.32 Å². The van der Waals surface area contributed by atoms with Crippen LogP contribution in [0, 0.1) is 0 Å². The van der Waals surface area contributed by atoms with Crippen molar-refractivity contribution in [2.75, 3.05) is 40.5 Å². The molecule has 0 aromatic heterocycles. The largest absolute Gasteiger partial charge is 0.468 e. The first-order valence-corrected chi connectivity index (χ1v) is 6.76. The van der Waals surface area contributed by atoms with Crippen LogP contribution in [0.5, 0.6) is 0 Å². The normalized spacial score (nSPS) is 20.0. The number of hydrogen-bond donors (Lipinski definition) is 1. The van der Waals surface area contributed by atoms with E-state index >= 15 is 0 Å². The molecule has 19 heavy (non-hydrogen) atoms. The van der Waals surface area contributed by atoms with Gasteiger partial charge in [-0.25, -0.2) is 0 Å². The highest BCUT2D eigenvalue weighted by atomic mass is 16.5. The SMILES string of the molecule is COCCCNC(=O)CN1CCCCC1C(=O)OC. The number of methoxy groups -OCH3 is 2.